The van der Waals surface area contributed by atoms with Crippen molar-refractivity contribution in [1.82, 2.24) is 5.32 Å². The molecule has 118 valence electrons. The second-order valence-corrected chi connectivity index (χ2v) is 5.34. The first-order valence-electron chi connectivity index (χ1n) is 7.23. The zero-order chi connectivity index (χ0) is 16.5. The summed E-state index contributed by atoms with van der Waals surface area (Å²) in [6.45, 7) is 5.80. The predicted molar refractivity (Wildman–Crippen MR) is 88.7 cm³/mol. The minimum absolute atomic E-state index is 0.121. The maximum atomic E-state index is 11.8. The quantitative estimate of drug-likeness (QED) is 0.592. The maximum absolute atomic E-state index is 11.8. The summed E-state index contributed by atoms with van der Waals surface area (Å²) in [7, 11) is 1.60. The van der Waals surface area contributed by atoms with Gasteiger partial charge in [-0.3, -0.25) is 9.59 Å². The minimum Gasteiger partial charge on any atom is -0.497 e. The van der Waals surface area contributed by atoms with Gasteiger partial charge in [-0.1, -0.05) is 18.2 Å². The second-order valence-electron chi connectivity index (χ2n) is 5.34. The molecule has 1 rings (SSSR count). The first-order valence-corrected chi connectivity index (χ1v) is 7.23. The fourth-order valence-electron chi connectivity index (χ4n) is 1.92. The number of nitrogens with one attached hydrogen (secondary N) is 1. The lowest BCUT2D eigenvalue weighted by Gasteiger charge is -2.09. The number of carbonyl (C=O) groups is 2. The number of methoxy groups -OCH3 is 1. The third kappa shape index (κ3) is 6.88. The summed E-state index contributed by atoms with van der Waals surface area (Å²) in [4.78, 5) is 23.5. The highest BCUT2D eigenvalue weighted by molar-refractivity contribution is 6.09. The van der Waals surface area contributed by atoms with Crippen molar-refractivity contribution in [3.05, 3.63) is 47.7 Å². The fraction of sp³-hybridized carbons (Fsp3) is 0.333. The van der Waals surface area contributed by atoms with E-state index in [2.05, 4.69) is 5.32 Å². The number of hydrogen-bond donors (Lipinski definition) is 1. The lowest BCUT2D eigenvalue weighted by Crippen LogP contribution is -2.21. The summed E-state index contributed by atoms with van der Waals surface area (Å²) in [5, 5.41) is 3.11. The molecule has 1 aromatic carbocycles. The number of hydrogen-bond acceptors (Lipinski definition) is 4. The van der Waals surface area contributed by atoms with Crippen LogP contribution in [-0.2, 0) is 9.59 Å². The van der Waals surface area contributed by atoms with Crippen molar-refractivity contribution >= 4 is 17.6 Å². The molecule has 0 saturated heterocycles. The highest BCUT2D eigenvalue weighted by Gasteiger charge is 2.05. The number of rotatable bonds is 8. The third-order valence-electron chi connectivity index (χ3n) is 2.82. The summed E-state index contributed by atoms with van der Waals surface area (Å²) in [6, 6.07) is 7.59. The minimum atomic E-state index is -0.214. The molecule has 4 nitrogen and oxygen atoms in total. The zero-order valence-corrected chi connectivity index (χ0v) is 13.6. The summed E-state index contributed by atoms with van der Waals surface area (Å²) in [6.07, 6.45) is 4.47. The van der Waals surface area contributed by atoms with Gasteiger partial charge in [-0.25, -0.2) is 0 Å². The van der Waals surface area contributed by atoms with Gasteiger partial charge in [-0.05, 0) is 44.5 Å². The van der Waals surface area contributed by atoms with E-state index in [1.807, 2.05) is 45.0 Å². The molecular weight excluding hydrogens is 278 g/mol. The van der Waals surface area contributed by atoms with Crippen LogP contribution < -0.4 is 10.1 Å². The van der Waals surface area contributed by atoms with E-state index in [1.165, 1.54) is 12.2 Å². The van der Waals surface area contributed by atoms with Crippen molar-refractivity contribution in [3.63, 3.8) is 0 Å². The number of ether oxygens (including phenoxy) is 1. The normalized spacial score (nSPS) is 11.8. The largest absolute Gasteiger partial charge is 0.497 e. The van der Waals surface area contributed by atoms with E-state index in [0.717, 1.165) is 17.0 Å². The molecule has 0 radical (unpaired) electrons. The van der Waals surface area contributed by atoms with Gasteiger partial charge < -0.3 is 10.1 Å². The average molecular weight is 301 g/mol. The lowest BCUT2D eigenvalue weighted by atomic mass is 10.1. The monoisotopic (exact) mass is 301 g/mol. The van der Waals surface area contributed by atoms with Crippen molar-refractivity contribution in [2.75, 3.05) is 7.11 Å². The second kappa shape index (κ2) is 8.82. The van der Waals surface area contributed by atoms with Crippen LogP contribution in [0.15, 0.2) is 42.1 Å². The Morgan fingerprint density at radius 1 is 1.18 bits per heavy atom. The van der Waals surface area contributed by atoms with Crippen LogP contribution in [-0.4, -0.2) is 24.7 Å². The zero-order valence-electron chi connectivity index (χ0n) is 13.6. The van der Waals surface area contributed by atoms with E-state index in [-0.39, 0.29) is 24.0 Å². The molecule has 4 heteroatoms. The summed E-state index contributed by atoms with van der Waals surface area (Å²) >= 11 is 0. The van der Waals surface area contributed by atoms with Gasteiger partial charge in [0.25, 0.3) is 0 Å². The van der Waals surface area contributed by atoms with Crippen LogP contribution in [0.3, 0.4) is 0 Å². The molecule has 0 atom stereocenters. The topological polar surface area (TPSA) is 55.4 Å². The predicted octanol–water partition coefficient (Wildman–Crippen LogP) is 3.14. The summed E-state index contributed by atoms with van der Waals surface area (Å²) in [5.41, 5.74) is 1.65. The van der Waals surface area contributed by atoms with E-state index < -0.39 is 0 Å². The van der Waals surface area contributed by atoms with E-state index in [9.17, 15) is 9.59 Å². The lowest BCUT2D eigenvalue weighted by molar-refractivity contribution is -0.121. The van der Waals surface area contributed by atoms with E-state index in [4.69, 9.17) is 4.74 Å². The van der Waals surface area contributed by atoms with Crippen LogP contribution in [0.1, 0.15) is 32.8 Å². The van der Waals surface area contributed by atoms with Crippen LogP contribution in [0.4, 0.5) is 0 Å². The van der Waals surface area contributed by atoms with Crippen LogP contribution in [0.5, 0.6) is 5.75 Å². The maximum Gasteiger partial charge on any atom is 0.165 e. The number of allylic oxidation sites excluding steroid dienone is 3. The van der Waals surface area contributed by atoms with Crippen molar-refractivity contribution in [2.24, 2.45) is 0 Å². The Balaban J connectivity index is 2.54. The summed E-state index contributed by atoms with van der Waals surface area (Å²) in [5.74, 6) is 0.348. The Labute approximate surface area is 131 Å². The molecule has 0 saturated carbocycles. The molecule has 0 amide bonds. The molecule has 0 aliphatic rings. The Hall–Kier alpha value is -2.36. The van der Waals surface area contributed by atoms with Gasteiger partial charge in [-0.15, -0.1) is 0 Å². The molecule has 0 heterocycles. The van der Waals surface area contributed by atoms with Gasteiger partial charge in [0, 0.05) is 17.8 Å². The highest BCUT2D eigenvalue weighted by atomic mass is 16.5. The molecule has 22 heavy (non-hydrogen) atoms. The Kier molecular flexibility index (Phi) is 7.09. The smallest absolute Gasteiger partial charge is 0.165 e. The molecule has 1 N–H and O–H groups in total. The van der Waals surface area contributed by atoms with Crippen LogP contribution in [0.2, 0.25) is 0 Å². The number of carbonyl (C=O) groups excluding carboxylic acids is 2. The van der Waals surface area contributed by atoms with Crippen molar-refractivity contribution in [1.29, 1.82) is 0 Å². The molecule has 1 aromatic rings. The van der Waals surface area contributed by atoms with Gasteiger partial charge in [0.05, 0.1) is 13.5 Å². The first-order chi connectivity index (χ1) is 10.4. The molecule has 0 aliphatic carbocycles. The molecule has 0 aromatic heterocycles. The highest BCUT2D eigenvalue weighted by Crippen LogP contribution is 2.12. The number of benzene rings is 1. The van der Waals surface area contributed by atoms with Crippen molar-refractivity contribution in [3.8, 4) is 5.75 Å². The summed E-state index contributed by atoms with van der Waals surface area (Å²) < 4.78 is 5.06. The van der Waals surface area contributed by atoms with Crippen LogP contribution >= 0.6 is 0 Å². The number of ketones is 2. The van der Waals surface area contributed by atoms with Crippen LogP contribution in [0, 0.1) is 0 Å². The first kappa shape index (κ1) is 17.7. The Morgan fingerprint density at radius 2 is 1.82 bits per heavy atom. The third-order valence-corrected chi connectivity index (χ3v) is 2.82. The van der Waals surface area contributed by atoms with Gasteiger partial charge in [-0.2, -0.15) is 0 Å². The Morgan fingerprint density at radius 3 is 2.36 bits per heavy atom. The molecule has 0 spiro atoms. The fourth-order valence-corrected chi connectivity index (χ4v) is 1.92. The van der Waals surface area contributed by atoms with Gasteiger partial charge in [0.1, 0.15) is 5.75 Å². The SMILES string of the molecule is COc1ccc(/C=C/C(=O)CC(=O)/C=C(/C)NC(C)C)cc1. The average Bonchev–Trinajstić information content (AvgIpc) is 2.44. The van der Waals surface area contributed by atoms with E-state index in [1.54, 1.807) is 13.2 Å². The van der Waals surface area contributed by atoms with Gasteiger partial charge in [0.15, 0.2) is 11.6 Å². The van der Waals surface area contributed by atoms with E-state index >= 15 is 0 Å². The van der Waals surface area contributed by atoms with Crippen LogP contribution in [0.25, 0.3) is 6.08 Å². The standard InChI is InChI=1S/C18H23NO3/c1-13(2)19-14(3)11-17(21)12-16(20)8-5-15-6-9-18(22-4)10-7-15/h5-11,13,19H,12H2,1-4H3/b8-5+,14-11-. The van der Waals surface area contributed by atoms with Crippen molar-refractivity contribution < 1.29 is 14.3 Å². The molecular formula is C18H23NO3. The Bertz CT molecular complexity index is 568. The van der Waals surface area contributed by atoms with Crippen molar-refractivity contribution in [2.45, 2.75) is 33.2 Å². The molecule has 0 unspecified atom stereocenters. The van der Waals surface area contributed by atoms with E-state index in [0.29, 0.717) is 0 Å². The molecule has 0 bridgehead atoms. The molecule has 0 fully saturated rings. The van der Waals surface area contributed by atoms with Gasteiger partial charge >= 0.3 is 0 Å². The van der Waals surface area contributed by atoms with Gasteiger partial charge in [0.2, 0.25) is 0 Å². The molecule has 0 aliphatic heterocycles.